The molecule has 0 radical (unpaired) electrons. The molecule has 0 bridgehead atoms. The van der Waals surface area contributed by atoms with Crippen LogP contribution in [0.15, 0.2) is 0 Å². The first kappa shape index (κ1) is 25.5. The van der Waals surface area contributed by atoms with E-state index in [1.807, 2.05) is 69.2 Å². The van der Waals surface area contributed by atoms with E-state index in [0.717, 1.165) is 6.42 Å². The van der Waals surface area contributed by atoms with E-state index >= 15 is 0 Å². The van der Waals surface area contributed by atoms with Gasteiger partial charge in [0, 0.05) is 21.8 Å². The number of Topliss-reactive ketones (excluding diaryl/α,β-unsaturated/α-hetero) is 2. The van der Waals surface area contributed by atoms with Crippen molar-refractivity contribution in [1.29, 1.82) is 0 Å². The Morgan fingerprint density at radius 1 is 0.708 bits per heavy atom. The van der Waals surface area contributed by atoms with Crippen molar-refractivity contribution in [1.82, 2.24) is 5.32 Å². The Bertz CT molecular complexity index is 393. The molecule has 3 nitrogen and oxygen atoms in total. The van der Waals surface area contributed by atoms with E-state index in [1.165, 1.54) is 0 Å². The Morgan fingerprint density at radius 2 is 1.04 bits per heavy atom. The maximum atomic E-state index is 12.0. The minimum Gasteiger partial charge on any atom is -0.303 e. The second-order valence-corrected chi connectivity index (χ2v) is 10.8. The zero-order valence-corrected chi connectivity index (χ0v) is 18.6. The Morgan fingerprint density at radius 3 is 1.17 bits per heavy atom. The van der Waals surface area contributed by atoms with Crippen LogP contribution in [0.2, 0.25) is 0 Å². The SMILES string of the molecule is CC(C)(C)C(=O)C(C)(C)C.CCC(NC(C)(C)C)C(=O)C(C)(C)C. The van der Waals surface area contributed by atoms with Crippen LogP contribution >= 0.6 is 0 Å². The van der Waals surface area contributed by atoms with E-state index in [2.05, 4.69) is 26.1 Å². The average molecular weight is 342 g/mol. The van der Waals surface area contributed by atoms with Gasteiger partial charge in [-0.15, -0.1) is 0 Å². The number of nitrogens with one attached hydrogen (secondary N) is 1. The first-order chi connectivity index (χ1) is 10.2. The van der Waals surface area contributed by atoms with Crippen LogP contribution in [0.25, 0.3) is 0 Å². The molecule has 24 heavy (non-hydrogen) atoms. The summed E-state index contributed by atoms with van der Waals surface area (Å²) in [6.07, 6.45) is 0.855. The molecule has 3 heteroatoms. The molecule has 0 amide bonds. The predicted molar refractivity (Wildman–Crippen MR) is 105 cm³/mol. The Labute approximate surface area is 151 Å². The quantitative estimate of drug-likeness (QED) is 0.746. The number of carbonyl (C=O) groups excluding carboxylic acids is 2. The van der Waals surface area contributed by atoms with Crippen molar-refractivity contribution in [3.63, 3.8) is 0 Å². The number of hydrogen-bond donors (Lipinski definition) is 1. The molecule has 0 aliphatic heterocycles. The molecule has 1 unspecified atom stereocenters. The molecule has 1 N–H and O–H groups in total. The van der Waals surface area contributed by atoms with Crippen molar-refractivity contribution in [3.05, 3.63) is 0 Å². The van der Waals surface area contributed by atoms with Gasteiger partial charge in [0.1, 0.15) is 5.78 Å². The van der Waals surface area contributed by atoms with Crippen molar-refractivity contribution in [3.8, 4) is 0 Å². The maximum Gasteiger partial charge on any atom is 0.155 e. The van der Waals surface area contributed by atoms with Crippen molar-refractivity contribution < 1.29 is 9.59 Å². The normalized spacial score (nSPS) is 14.5. The molecule has 1 atom stereocenters. The molecule has 0 aromatic carbocycles. The standard InChI is InChI=1S/C12H25NO.C9H18O/c1-8-9(13-12(5,6)7)10(14)11(2,3)4;1-8(2,3)7(10)9(4,5)6/h9,13H,8H2,1-7H3;1-6H3. The lowest BCUT2D eigenvalue weighted by molar-refractivity contribution is -0.134. The van der Waals surface area contributed by atoms with E-state index < -0.39 is 0 Å². The minimum absolute atomic E-state index is 0.00157. The fourth-order valence-corrected chi connectivity index (χ4v) is 2.52. The van der Waals surface area contributed by atoms with Crippen LogP contribution in [-0.2, 0) is 9.59 Å². The molecule has 0 aromatic rings. The summed E-state index contributed by atoms with van der Waals surface area (Å²) >= 11 is 0. The average Bonchev–Trinajstić information content (AvgIpc) is 2.30. The smallest absolute Gasteiger partial charge is 0.155 e. The Hall–Kier alpha value is -0.700. The fraction of sp³-hybridized carbons (Fsp3) is 0.905. The lowest BCUT2D eigenvalue weighted by Crippen LogP contribution is -2.50. The molecule has 0 saturated carbocycles. The van der Waals surface area contributed by atoms with Gasteiger partial charge in [-0.25, -0.2) is 0 Å². The molecular formula is C21H43NO2. The van der Waals surface area contributed by atoms with E-state index in [-0.39, 0.29) is 27.8 Å². The summed E-state index contributed by atoms with van der Waals surface area (Å²) in [5.41, 5.74) is -0.642. The van der Waals surface area contributed by atoms with Crippen LogP contribution in [0, 0.1) is 16.2 Å². The molecular weight excluding hydrogens is 298 g/mol. The number of ketones is 2. The van der Waals surface area contributed by atoms with Crippen LogP contribution in [0.1, 0.15) is 96.4 Å². The summed E-state index contributed by atoms with van der Waals surface area (Å²) in [5, 5.41) is 3.36. The summed E-state index contributed by atoms with van der Waals surface area (Å²) in [6, 6.07) is -0.0185. The minimum atomic E-state index is -0.251. The fourth-order valence-electron chi connectivity index (χ4n) is 2.52. The largest absolute Gasteiger partial charge is 0.303 e. The number of rotatable bonds is 3. The van der Waals surface area contributed by atoms with Gasteiger partial charge in [-0.1, -0.05) is 69.2 Å². The van der Waals surface area contributed by atoms with Gasteiger partial charge in [0.05, 0.1) is 6.04 Å². The lowest BCUT2D eigenvalue weighted by atomic mass is 9.76. The maximum absolute atomic E-state index is 12.0. The van der Waals surface area contributed by atoms with Crippen LogP contribution < -0.4 is 5.32 Å². The molecule has 0 aliphatic rings. The van der Waals surface area contributed by atoms with E-state index in [1.54, 1.807) is 0 Å². The third kappa shape index (κ3) is 11.0. The topological polar surface area (TPSA) is 46.2 Å². The monoisotopic (exact) mass is 341 g/mol. The zero-order valence-electron chi connectivity index (χ0n) is 18.6. The molecule has 0 heterocycles. The molecule has 0 aliphatic carbocycles. The number of hydrogen-bond acceptors (Lipinski definition) is 3. The first-order valence-electron chi connectivity index (χ1n) is 9.10. The van der Waals surface area contributed by atoms with Gasteiger partial charge >= 0.3 is 0 Å². The Balaban J connectivity index is 0. The van der Waals surface area contributed by atoms with Gasteiger partial charge in [0.15, 0.2) is 5.78 Å². The molecule has 0 fully saturated rings. The van der Waals surface area contributed by atoms with Gasteiger partial charge in [-0.05, 0) is 27.2 Å². The lowest BCUT2D eigenvalue weighted by Gasteiger charge is -2.31. The summed E-state index contributed by atoms with van der Waals surface area (Å²) < 4.78 is 0. The summed E-state index contributed by atoms with van der Waals surface area (Å²) in [7, 11) is 0. The van der Waals surface area contributed by atoms with Gasteiger partial charge in [0.25, 0.3) is 0 Å². The van der Waals surface area contributed by atoms with Crippen LogP contribution in [-0.4, -0.2) is 23.1 Å². The van der Waals surface area contributed by atoms with Crippen molar-refractivity contribution in [2.75, 3.05) is 0 Å². The highest BCUT2D eigenvalue weighted by Gasteiger charge is 2.32. The van der Waals surface area contributed by atoms with Crippen LogP contribution in [0.5, 0.6) is 0 Å². The third-order valence-electron chi connectivity index (χ3n) is 3.43. The third-order valence-corrected chi connectivity index (χ3v) is 3.43. The molecule has 0 rings (SSSR count). The van der Waals surface area contributed by atoms with Crippen molar-refractivity contribution >= 4 is 11.6 Å². The molecule has 144 valence electrons. The van der Waals surface area contributed by atoms with E-state index in [4.69, 9.17) is 0 Å². The highest BCUT2D eigenvalue weighted by Crippen LogP contribution is 2.27. The van der Waals surface area contributed by atoms with Crippen molar-refractivity contribution in [2.24, 2.45) is 16.2 Å². The summed E-state index contributed by atoms with van der Waals surface area (Å²) in [5.74, 6) is 0.620. The van der Waals surface area contributed by atoms with Gasteiger partial charge < -0.3 is 5.32 Å². The van der Waals surface area contributed by atoms with E-state index in [0.29, 0.717) is 11.6 Å². The summed E-state index contributed by atoms with van der Waals surface area (Å²) in [6.45, 7) is 26.0. The second-order valence-electron chi connectivity index (χ2n) is 10.8. The molecule has 0 saturated heterocycles. The van der Waals surface area contributed by atoms with Gasteiger partial charge in [-0.2, -0.15) is 0 Å². The van der Waals surface area contributed by atoms with Gasteiger partial charge in [-0.3, -0.25) is 9.59 Å². The molecule has 0 aromatic heterocycles. The second kappa shape index (κ2) is 8.60. The Kier molecular flexibility index (Phi) is 9.15. The van der Waals surface area contributed by atoms with Crippen molar-refractivity contribution in [2.45, 2.75) is 108 Å². The zero-order chi connectivity index (χ0) is 20.1. The summed E-state index contributed by atoms with van der Waals surface area (Å²) in [4.78, 5) is 23.5. The predicted octanol–water partition coefficient (Wildman–Crippen LogP) is 5.42. The number of carbonyl (C=O) groups is 2. The highest BCUT2D eigenvalue weighted by atomic mass is 16.1. The van der Waals surface area contributed by atoms with Crippen LogP contribution in [0.3, 0.4) is 0 Å². The van der Waals surface area contributed by atoms with Gasteiger partial charge in [0.2, 0.25) is 0 Å². The molecule has 0 spiro atoms. The first-order valence-corrected chi connectivity index (χ1v) is 9.10. The van der Waals surface area contributed by atoms with Crippen LogP contribution in [0.4, 0.5) is 0 Å². The van der Waals surface area contributed by atoms with E-state index in [9.17, 15) is 9.59 Å². The highest BCUT2D eigenvalue weighted by molar-refractivity contribution is 5.89.